The summed E-state index contributed by atoms with van der Waals surface area (Å²) in [6.45, 7) is 0.623. The standard InChI is InChI=1S/C17H15ClN2O2S/c18-13-7-5-12(6-8-13)17(22)19-11-16(21)20-9-10-23-15-4-2-1-3-14(15)20/h1-8H,9-11H2,(H,19,22). The Morgan fingerprint density at radius 3 is 2.65 bits per heavy atom. The molecular weight excluding hydrogens is 332 g/mol. The molecule has 0 fully saturated rings. The summed E-state index contributed by atoms with van der Waals surface area (Å²) in [6.07, 6.45) is 0. The Bertz CT molecular complexity index is 734. The third-order valence-electron chi connectivity index (χ3n) is 3.54. The molecule has 2 aromatic rings. The fraction of sp³-hybridized carbons (Fsp3) is 0.176. The summed E-state index contributed by atoms with van der Waals surface area (Å²) in [5.74, 6) is 0.461. The molecule has 0 aromatic heterocycles. The van der Waals surface area contributed by atoms with E-state index in [0.29, 0.717) is 17.1 Å². The summed E-state index contributed by atoms with van der Waals surface area (Å²) in [6, 6.07) is 14.4. The monoisotopic (exact) mass is 346 g/mol. The van der Waals surface area contributed by atoms with Crippen LogP contribution in [0.5, 0.6) is 0 Å². The van der Waals surface area contributed by atoms with E-state index in [1.54, 1.807) is 40.9 Å². The number of benzene rings is 2. The number of nitrogens with zero attached hydrogens (tertiary/aromatic N) is 1. The maximum Gasteiger partial charge on any atom is 0.251 e. The van der Waals surface area contributed by atoms with E-state index >= 15 is 0 Å². The third kappa shape index (κ3) is 3.68. The lowest BCUT2D eigenvalue weighted by molar-refractivity contribution is -0.117. The highest BCUT2D eigenvalue weighted by molar-refractivity contribution is 7.99. The van der Waals surface area contributed by atoms with Crippen LogP contribution in [0.25, 0.3) is 0 Å². The van der Waals surface area contributed by atoms with E-state index in [1.807, 2.05) is 24.3 Å². The summed E-state index contributed by atoms with van der Waals surface area (Å²) in [5, 5.41) is 3.24. The first kappa shape index (κ1) is 15.9. The van der Waals surface area contributed by atoms with Crippen molar-refractivity contribution in [3.63, 3.8) is 0 Å². The number of anilines is 1. The first-order valence-electron chi connectivity index (χ1n) is 7.21. The van der Waals surface area contributed by atoms with E-state index in [9.17, 15) is 9.59 Å². The molecule has 23 heavy (non-hydrogen) atoms. The topological polar surface area (TPSA) is 49.4 Å². The van der Waals surface area contributed by atoms with Crippen LogP contribution in [0.3, 0.4) is 0 Å². The third-order valence-corrected chi connectivity index (χ3v) is 4.83. The van der Waals surface area contributed by atoms with Crippen molar-refractivity contribution in [2.75, 3.05) is 23.7 Å². The van der Waals surface area contributed by atoms with Crippen LogP contribution in [0.4, 0.5) is 5.69 Å². The zero-order valence-electron chi connectivity index (χ0n) is 12.3. The number of hydrogen-bond acceptors (Lipinski definition) is 3. The van der Waals surface area contributed by atoms with Crippen LogP contribution in [0, 0.1) is 0 Å². The fourth-order valence-electron chi connectivity index (χ4n) is 2.38. The van der Waals surface area contributed by atoms with Gasteiger partial charge in [0.05, 0.1) is 12.2 Å². The van der Waals surface area contributed by atoms with Gasteiger partial charge in [-0.3, -0.25) is 9.59 Å². The number of hydrogen-bond donors (Lipinski definition) is 1. The zero-order chi connectivity index (χ0) is 16.2. The summed E-state index contributed by atoms with van der Waals surface area (Å²) in [4.78, 5) is 27.3. The number of para-hydroxylation sites is 1. The van der Waals surface area contributed by atoms with Crippen LogP contribution >= 0.6 is 23.4 Å². The Hall–Kier alpha value is -1.98. The minimum absolute atomic E-state index is 0.0273. The average molecular weight is 347 g/mol. The molecule has 1 aliphatic heterocycles. The molecule has 4 nitrogen and oxygen atoms in total. The number of halogens is 1. The minimum atomic E-state index is -0.283. The largest absolute Gasteiger partial charge is 0.343 e. The number of carbonyl (C=O) groups excluding carboxylic acids is 2. The zero-order valence-corrected chi connectivity index (χ0v) is 13.9. The minimum Gasteiger partial charge on any atom is -0.343 e. The van der Waals surface area contributed by atoms with Crippen molar-refractivity contribution in [3.8, 4) is 0 Å². The quantitative estimate of drug-likeness (QED) is 0.928. The second-order valence-corrected chi connectivity index (χ2v) is 6.62. The number of rotatable bonds is 3. The van der Waals surface area contributed by atoms with Crippen LogP contribution in [0.2, 0.25) is 5.02 Å². The molecular formula is C17H15ClN2O2S. The lowest BCUT2D eigenvalue weighted by Gasteiger charge is -2.29. The molecule has 0 aliphatic carbocycles. The highest BCUT2D eigenvalue weighted by atomic mass is 35.5. The molecule has 1 heterocycles. The molecule has 2 aromatic carbocycles. The van der Waals surface area contributed by atoms with Gasteiger partial charge in [0.15, 0.2) is 0 Å². The first-order chi connectivity index (χ1) is 11.1. The van der Waals surface area contributed by atoms with Crippen molar-refractivity contribution in [1.29, 1.82) is 0 Å². The second kappa shape index (κ2) is 7.06. The Balaban J connectivity index is 1.64. The Labute approximate surface area is 143 Å². The van der Waals surface area contributed by atoms with E-state index < -0.39 is 0 Å². The maximum absolute atomic E-state index is 12.4. The SMILES string of the molecule is O=C(NCC(=O)N1CCSc2ccccc21)c1ccc(Cl)cc1. The summed E-state index contributed by atoms with van der Waals surface area (Å²) in [7, 11) is 0. The molecule has 0 unspecified atom stereocenters. The van der Waals surface area contributed by atoms with E-state index in [0.717, 1.165) is 16.3 Å². The number of carbonyl (C=O) groups is 2. The Morgan fingerprint density at radius 2 is 1.87 bits per heavy atom. The second-order valence-electron chi connectivity index (χ2n) is 5.05. The van der Waals surface area contributed by atoms with Gasteiger partial charge < -0.3 is 10.2 Å². The molecule has 0 saturated heterocycles. The van der Waals surface area contributed by atoms with Gasteiger partial charge in [0.1, 0.15) is 0 Å². The van der Waals surface area contributed by atoms with Gasteiger partial charge in [-0.2, -0.15) is 0 Å². The highest BCUT2D eigenvalue weighted by Gasteiger charge is 2.22. The van der Waals surface area contributed by atoms with Crippen LogP contribution in [-0.2, 0) is 4.79 Å². The fourth-order valence-corrected chi connectivity index (χ4v) is 3.50. The van der Waals surface area contributed by atoms with Gasteiger partial charge in [-0.05, 0) is 36.4 Å². The number of thioether (sulfide) groups is 1. The van der Waals surface area contributed by atoms with Crippen molar-refractivity contribution in [3.05, 3.63) is 59.1 Å². The smallest absolute Gasteiger partial charge is 0.251 e. The van der Waals surface area contributed by atoms with Gasteiger partial charge in [0.2, 0.25) is 5.91 Å². The van der Waals surface area contributed by atoms with Crippen LogP contribution in [0.15, 0.2) is 53.4 Å². The van der Waals surface area contributed by atoms with Crippen LogP contribution in [-0.4, -0.2) is 30.7 Å². The average Bonchev–Trinajstić information content (AvgIpc) is 2.59. The van der Waals surface area contributed by atoms with E-state index in [-0.39, 0.29) is 18.4 Å². The molecule has 1 aliphatic rings. The molecule has 0 spiro atoms. The normalized spacial score (nSPS) is 13.3. The molecule has 0 radical (unpaired) electrons. The summed E-state index contributed by atoms with van der Waals surface area (Å²) < 4.78 is 0. The van der Waals surface area contributed by atoms with Crippen LogP contribution in [0.1, 0.15) is 10.4 Å². The van der Waals surface area contributed by atoms with Gasteiger partial charge in [-0.15, -0.1) is 11.8 Å². The lowest BCUT2D eigenvalue weighted by atomic mass is 10.2. The maximum atomic E-state index is 12.4. The lowest BCUT2D eigenvalue weighted by Crippen LogP contribution is -2.42. The predicted octanol–water partition coefficient (Wildman–Crippen LogP) is 3.21. The van der Waals surface area contributed by atoms with Crippen molar-refractivity contribution >= 4 is 40.9 Å². The van der Waals surface area contributed by atoms with E-state index in [4.69, 9.17) is 11.6 Å². The van der Waals surface area contributed by atoms with Gasteiger partial charge >= 0.3 is 0 Å². The number of amides is 2. The van der Waals surface area contributed by atoms with Crippen molar-refractivity contribution < 1.29 is 9.59 Å². The Kier molecular flexibility index (Phi) is 4.88. The summed E-state index contributed by atoms with van der Waals surface area (Å²) >= 11 is 7.54. The summed E-state index contributed by atoms with van der Waals surface area (Å²) in [5.41, 5.74) is 1.39. The molecule has 118 valence electrons. The molecule has 0 bridgehead atoms. The van der Waals surface area contributed by atoms with Gasteiger partial charge in [0.25, 0.3) is 5.91 Å². The molecule has 3 rings (SSSR count). The predicted molar refractivity (Wildman–Crippen MR) is 93.3 cm³/mol. The Morgan fingerprint density at radius 1 is 1.13 bits per heavy atom. The van der Waals surface area contributed by atoms with Crippen LogP contribution < -0.4 is 10.2 Å². The van der Waals surface area contributed by atoms with Crippen molar-refractivity contribution in [2.24, 2.45) is 0 Å². The molecule has 6 heteroatoms. The van der Waals surface area contributed by atoms with Crippen molar-refractivity contribution in [1.82, 2.24) is 5.32 Å². The molecule has 0 saturated carbocycles. The van der Waals surface area contributed by atoms with Crippen molar-refractivity contribution in [2.45, 2.75) is 4.90 Å². The number of fused-ring (bicyclic) bond motifs is 1. The molecule has 1 N–H and O–H groups in total. The first-order valence-corrected chi connectivity index (χ1v) is 8.57. The highest BCUT2D eigenvalue weighted by Crippen LogP contribution is 2.34. The number of nitrogens with one attached hydrogen (secondary N) is 1. The van der Waals surface area contributed by atoms with Gasteiger partial charge in [0, 0.05) is 27.8 Å². The van der Waals surface area contributed by atoms with Gasteiger partial charge in [-0.25, -0.2) is 0 Å². The molecule has 2 amide bonds. The molecule has 0 atom stereocenters. The van der Waals surface area contributed by atoms with E-state index in [1.165, 1.54) is 0 Å². The van der Waals surface area contributed by atoms with E-state index in [2.05, 4.69) is 5.32 Å². The van der Waals surface area contributed by atoms with Gasteiger partial charge in [-0.1, -0.05) is 23.7 Å².